The Morgan fingerprint density at radius 2 is 2.11 bits per heavy atom. The molecule has 0 aliphatic heterocycles. The molecule has 0 fully saturated rings. The summed E-state index contributed by atoms with van der Waals surface area (Å²) >= 11 is 0. The van der Waals surface area contributed by atoms with Crippen LogP contribution < -0.4 is 0 Å². The molecule has 0 saturated heterocycles. The highest BCUT2D eigenvalue weighted by molar-refractivity contribution is 5.82. The molecule has 0 aliphatic rings. The van der Waals surface area contributed by atoms with Gasteiger partial charge in [0.2, 0.25) is 0 Å². The molecule has 0 heterocycles. The van der Waals surface area contributed by atoms with Crippen molar-refractivity contribution in [3.63, 3.8) is 0 Å². The highest BCUT2D eigenvalue weighted by atomic mass is 16.3. The second kappa shape index (κ2) is 4.32. The maximum Gasteiger partial charge on any atom is 0.124 e. The first-order chi connectivity index (χ1) is 4.22. The van der Waals surface area contributed by atoms with Crippen LogP contribution in [0.15, 0.2) is 4.99 Å². The van der Waals surface area contributed by atoms with Gasteiger partial charge < -0.3 is 10.0 Å². The van der Waals surface area contributed by atoms with Gasteiger partial charge in [-0.05, 0) is 6.92 Å². The molecule has 0 atom stereocenters. The Kier molecular flexibility index (Phi) is 4.05. The topological polar surface area (TPSA) is 35.8 Å². The molecule has 0 aliphatic carbocycles. The third-order valence-corrected chi connectivity index (χ3v) is 0.998. The van der Waals surface area contributed by atoms with Gasteiger partial charge in [-0.15, -0.1) is 0 Å². The van der Waals surface area contributed by atoms with E-state index >= 15 is 0 Å². The lowest BCUT2D eigenvalue weighted by molar-refractivity contribution is 0.340. The van der Waals surface area contributed by atoms with Crippen molar-refractivity contribution in [2.75, 3.05) is 27.2 Å². The summed E-state index contributed by atoms with van der Waals surface area (Å²) in [6.45, 7) is 2.70. The molecule has 0 radical (unpaired) electrons. The normalized spacial score (nSPS) is 11.8. The number of aliphatic hydroxyl groups is 1. The summed E-state index contributed by atoms with van der Waals surface area (Å²) < 4.78 is 0. The lowest BCUT2D eigenvalue weighted by Gasteiger charge is -2.12. The fourth-order valence-electron chi connectivity index (χ4n) is 0.515. The summed E-state index contributed by atoms with van der Waals surface area (Å²) in [5.41, 5.74) is 0. The lowest BCUT2D eigenvalue weighted by atomic mass is 10.5. The number of nitrogens with zero attached hydrogens (tertiary/aromatic N) is 2. The number of hydrogen-bond donors (Lipinski definition) is 1. The molecule has 0 aromatic heterocycles. The molecular weight excluding hydrogens is 116 g/mol. The molecule has 0 spiro atoms. The first-order valence-electron chi connectivity index (χ1n) is 3.03. The van der Waals surface area contributed by atoms with Gasteiger partial charge in [-0.2, -0.15) is 0 Å². The van der Waals surface area contributed by atoms with Crippen molar-refractivity contribution in [2.24, 2.45) is 4.99 Å². The van der Waals surface area contributed by atoms with Gasteiger partial charge >= 0.3 is 0 Å². The van der Waals surface area contributed by atoms with E-state index in [4.69, 9.17) is 5.11 Å². The summed E-state index contributed by atoms with van der Waals surface area (Å²) in [6, 6.07) is 0. The molecule has 3 nitrogen and oxygen atoms in total. The number of amidine groups is 1. The third-order valence-electron chi connectivity index (χ3n) is 0.998. The zero-order valence-electron chi connectivity index (χ0n) is 6.26. The Morgan fingerprint density at radius 3 is 2.22 bits per heavy atom. The summed E-state index contributed by atoms with van der Waals surface area (Å²) in [5, 5.41) is 8.66. The van der Waals surface area contributed by atoms with E-state index in [1.165, 1.54) is 0 Å². The molecule has 1 N–H and O–H groups in total. The Labute approximate surface area is 56.0 Å². The van der Waals surface area contributed by atoms with Gasteiger partial charge in [0.25, 0.3) is 0 Å². The second-order valence-corrected chi connectivity index (χ2v) is 1.94. The van der Waals surface area contributed by atoms with Gasteiger partial charge in [0.05, 0.1) is 0 Å². The SMILES string of the molecule is CCN=C(CO)N(C)C. The average molecular weight is 130 g/mol. The Balaban J connectivity index is 3.81. The standard InChI is InChI=1S/C6H14N2O/c1-4-7-6(5-9)8(2)3/h9H,4-5H2,1-3H3. The molecule has 0 unspecified atom stereocenters. The van der Waals surface area contributed by atoms with Gasteiger partial charge in [0.15, 0.2) is 0 Å². The van der Waals surface area contributed by atoms with Crippen molar-refractivity contribution in [1.29, 1.82) is 0 Å². The van der Waals surface area contributed by atoms with Crippen LogP contribution in [-0.2, 0) is 0 Å². The van der Waals surface area contributed by atoms with Crippen molar-refractivity contribution < 1.29 is 5.11 Å². The molecule has 0 aromatic rings. The van der Waals surface area contributed by atoms with Crippen LogP contribution in [0.1, 0.15) is 6.92 Å². The van der Waals surface area contributed by atoms with Gasteiger partial charge in [0.1, 0.15) is 12.4 Å². The number of aliphatic hydroxyl groups excluding tert-OH is 1. The second-order valence-electron chi connectivity index (χ2n) is 1.94. The minimum Gasteiger partial charge on any atom is -0.388 e. The summed E-state index contributed by atoms with van der Waals surface area (Å²) in [5.74, 6) is 0.734. The van der Waals surface area contributed by atoms with E-state index in [1.807, 2.05) is 25.9 Å². The molecule has 0 saturated carbocycles. The van der Waals surface area contributed by atoms with E-state index in [2.05, 4.69) is 4.99 Å². The predicted octanol–water partition coefficient (Wildman–Crippen LogP) is -0.0413. The largest absolute Gasteiger partial charge is 0.388 e. The highest BCUT2D eigenvalue weighted by Gasteiger charge is 1.95. The average Bonchev–Trinajstić information content (AvgIpc) is 1.82. The van der Waals surface area contributed by atoms with Crippen molar-refractivity contribution >= 4 is 5.84 Å². The molecule has 3 heteroatoms. The molecule has 0 bridgehead atoms. The highest BCUT2D eigenvalue weighted by Crippen LogP contribution is 1.81. The van der Waals surface area contributed by atoms with Gasteiger partial charge in [-0.1, -0.05) is 0 Å². The molecule has 0 rings (SSSR count). The van der Waals surface area contributed by atoms with E-state index in [-0.39, 0.29) is 6.61 Å². The third kappa shape index (κ3) is 3.08. The maximum absolute atomic E-state index is 8.66. The zero-order valence-corrected chi connectivity index (χ0v) is 6.26. The monoisotopic (exact) mass is 130 g/mol. The predicted molar refractivity (Wildman–Crippen MR) is 38.7 cm³/mol. The van der Waals surface area contributed by atoms with Crippen molar-refractivity contribution in [2.45, 2.75) is 6.92 Å². The fourth-order valence-corrected chi connectivity index (χ4v) is 0.515. The van der Waals surface area contributed by atoms with Gasteiger partial charge in [-0.25, -0.2) is 0 Å². The van der Waals surface area contributed by atoms with Crippen LogP contribution in [0, 0.1) is 0 Å². The van der Waals surface area contributed by atoms with Crippen LogP contribution in [0.3, 0.4) is 0 Å². The van der Waals surface area contributed by atoms with Crippen LogP contribution in [0.25, 0.3) is 0 Å². The van der Waals surface area contributed by atoms with Crippen LogP contribution in [0.2, 0.25) is 0 Å². The minimum atomic E-state index is 0.0286. The van der Waals surface area contributed by atoms with E-state index in [9.17, 15) is 0 Å². The van der Waals surface area contributed by atoms with Crippen molar-refractivity contribution in [3.05, 3.63) is 0 Å². The fraction of sp³-hybridized carbons (Fsp3) is 0.833. The summed E-state index contributed by atoms with van der Waals surface area (Å²) in [6.07, 6.45) is 0. The molecule has 0 amide bonds. The van der Waals surface area contributed by atoms with Gasteiger partial charge in [0, 0.05) is 20.6 Å². The van der Waals surface area contributed by atoms with Crippen molar-refractivity contribution in [3.8, 4) is 0 Å². The molecule has 54 valence electrons. The van der Waals surface area contributed by atoms with Gasteiger partial charge in [-0.3, -0.25) is 4.99 Å². The molecular formula is C6H14N2O. The van der Waals surface area contributed by atoms with E-state index in [0.29, 0.717) is 0 Å². The molecule has 9 heavy (non-hydrogen) atoms. The van der Waals surface area contributed by atoms with Crippen LogP contribution in [-0.4, -0.2) is 43.1 Å². The Bertz CT molecular complexity index is 99.2. The smallest absolute Gasteiger partial charge is 0.124 e. The lowest BCUT2D eigenvalue weighted by Crippen LogP contribution is -2.25. The number of likely N-dealkylation sites (N-methyl/N-ethyl adjacent to an activating group) is 1. The van der Waals surface area contributed by atoms with E-state index < -0.39 is 0 Å². The van der Waals surface area contributed by atoms with Crippen LogP contribution in [0.4, 0.5) is 0 Å². The van der Waals surface area contributed by atoms with Crippen LogP contribution >= 0.6 is 0 Å². The van der Waals surface area contributed by atoms with Crippen LogP contribution in [0.5, 0.6) is 0 Å². The summed E-state index contributed by atoms with van der Waals surface area (Å²) in [7, 11) is 3.73. The summed E-state index contributed by atoms with van der Waals surface area (Å²) in [4.78, 5) is 5.84. The van der Waals surface area contributed by atoms with E-state index in [0.717, 1.165) is 12.4 Å². The molecule has 0 aromatic carbocycles. The first-order valence-corrected chi connectivity index (χ1v) is 3.03. The maximum atomic E-state index is 8.66. The number of aliphatic imine (C=N–C) groups is 1. The first kappa shape index (κ1) is 8.43. The zero-order chi connectivity index (χ0) is 7.28. The van der Waals surface area contributed by atoms with Crippen molar-refractivity contribution in [1.82, 2.24) is 4.90 Å². The quantitative estimate of drug-likeness (QED) is 0.420. The number of hydrogen-bond acceptors (Lipinski definition) is 2. The van der Waals surface area contributed by atoms with E-state index in [1.54, 1.807) is 0 Å². The number of rotatable bonds is 2. The Hall–Kier alpha value is -0.570. The minimum absolute atomic E-state index is 0.0286. The Morgan fingerprint density at radius 1 is 1.56 bits per heavy atom.